The Morgan fingerprint density at radius 3 is 2.45 bits per heavy atom. The molecular formula is C25H42N4O2. The molecule has 0 atom stereocenters. The highest BCUT2D eigenvalue weighted by atomic mass is 16.5. The maximum Gasteiger partial charge on any atom is 0.225 e. The minimum Gasteiger partial charge on any atom is -0.491 e. The Balaban J connectivity index is 1.82. The van der Waals surface area contributed by atoms with Crippen LogP contribution < -0.4 is 15.4 Å². The second-order valence-electron chi connectivity index (χ2n) is 8.56. The molecule has 1 saturated heterocycles. The molecule has 0 aromatic heterocycles. The molecule has 0 unspecified atom stereocenters. The molecule has 0 bridgehead atoms. The first-order chi connectivity index (χ1) is 15.0. The fraction of sp³-hybridized carbons (Fsp3) is 0.680. The van der Waals surface area contributed by atoms with Gasteiger partial charge in [-0.2, -0.15) is 0 Å². The van der Waals surface area contributed by atoms with Gasteiger partial charge in [0.25, 0.3) is 0 Å². The predicted octanol–water partition coefficient (Wildman–Crippen LogP) is 4.17. The van der Waals surface area contributed by atoms with E-state index < -0.39 is 0 Å². The van der Waals surface area contributed by atoms with E-state index in [0.29, 0.717) is 31.0 Å². The number of rotatable bonds is 10. The topological polar surface area (TPSA) is 66.0 Å². The van der Waals surface area contributed by atoms with Gasteiger partial charge in [0.1, 0.15) is 12.4 Å². The van der Waals surface area contributed by atoms with Crippen LogP contribution in [0.3, 0.4) is 0 Å². The number of aliphatic imine (C=N–C) groups is 1. The maximum atomic E-state index is 12.6. The second kappa shape index (κ2) is 13.2. The van der Waals surface area contributed by atoms with Crippen molar-refractivity contribution >= 4 is 11.9 Å². The first-order valence-electron chi connectivity index (χ1n) is 12.0. The van der Waals surface area contributed by atoms with Crippen LogP contribution in [0.4, 0.5) is 0 Å². The largest absolute Gasteiger partial charge is 0.491 e. The molecule has 1 amide bonds. The van der Waals surface area contributed by atoms with E-state index in [2.05, 4.69) is 57.4 Å². The van der Waals surface area contributed by atoms with Crippen molar-refractivity contribution in [3.05, 3.63) is 29.8 Å². The normalized spacial score (nSPS) is 15.5. The third kappa shape index (κ3) is 7.75. The molecule has 0 aliphatic carbocycles. The molecule has 0 saturated carbocycles. The van der Waals surface area contributed by atoms with Gasteiger partial charge in [0.05, 0.1) is 6.54 Å². The van der Waals surface area contributed by atoms with E-state index in [1.165, 1.54) is 5.56 Å². The summed E-state index contributed by atoms with van der Waals surface area (Å²) in [6, 6.07) is 8.55. The van der Waals surface area contributed by atoms with Gasteiger partial charge in [-0.15, -0.1) is 0 Å². The lowest BCUT2D eigenvalue weighted by Crippen LogP contribution is -2.50. The first kappa shape index (κ1) is 25.0. The van der Waals surface area contributed by atoms with Gasteiger partial charge in [0, 0.05) is 31.6 Å². The molecule has 0 spiro atoms. The molecule has 31 heavy (non-hydrogen) atoms. The number of carbonyl (C=O) groups is 1. The smallest absolute Gasteiger partial charge is 0.225 e. The molecule has 6 nitrogen and oxygen atoms in total. The Morgan fingerprint density at radius 1 is 1.16 bits per heavy atom. The Labute approximate surface area is 188 Å². The van der Waals surface area contributed by atoms with Crippen molar-refractivity contribution in [1.29, 1.82) is 0 Å². The van der Waals surface area contributed by atoms with Crippen LogP contribution in [0.1, 0.15) is 71.8 Å². The molecule has 174 valence electrons. The van der Waals surface area contributed by atoms with Crippen LogP contribution in [0.5, 0.6) is 5.75 Å². The van der Waals surface area contributed by atoms with E-state index in [-0.39, 0.29) is 5.92 Å². The summed E-state index contributed by atoms with van der Waals surface area (Å²) in [5, 5.41) is 6.88. The number of guanidine groups is 1. The molecule has 6 heteroatoms. The third-order valence-corrected chi connectivity index (χ3v) is 5.99. The van der Waals surface area contributed by atoms with Gasteiger partial charge in [0.15, 0.2) is 5.96 Å². The van der Waals surface area contributed by atoms with Crippen molar-refractivity contribution in [3.8, 4) is 5.75 Å². The minimum absolute atomic E-state index is 0.171. The molecule has 1 fully saturated rings. The summed E-state index contributed by atoms with van der Waals surface area (Å²) >= 11 is 0. The van der Waals surface area contributed by atoms with Crippen LogP contribution in [0.25, 0.3) is 0 Å². The highest BCUT2D eigenvalue weighted by Gasteiger charge is 2.26. The van der Waals surface area contributed by atoms with Crippen molar-refractivity contribution in [2.45, 2.75) is 72.3 Å². The summed E-state index contributed by atoms with van der Waals surface area (Å²) in [5.41, 5.74) is 1.23. The van der Waals surface area contributed by atoms with E-state index in [1.807, 2.05) is 17.0 Å². The van der Waals surface area contributed by atoms with Crippen LogP contribution in [-0.2, 0) is 4.79 Å². The summed E-state index contributed by atoms with van der Waals surface area (Å²) in [5.74, 6) is 2.70. The van der Waals surface area contributed by atoms with E-state index in [0.717, 1.165) is 57.0 Å². The summed E-state index contributed by atoms with van der Waals surface area (Å²) < 4.78 is 5.99. The lowest BCUT2D eigenvalue weighted by molar-refractivity contribution is -0.136. The van der Waals surface area contributed by atoms with E-state index >= 15 is 0 Å². The average molecular weight is 431 g/mol. The van der Waals surface area contributed by atoms with E-state index in [1.54, 1.807) is 0 Å². The lowest BCUT2D eigenvalue weighted by Gasteiger charge is -2.34. The maximum absolute atomic E-state index is 12.6. The van der Waals surface area contributed by atoms with Crippen molar-refractivity contribution < 1.29 is 9.53 Å². The molecule has 2 N–H and O–H groups in total. The molecule has 1 aromatic carbocycles. The first-order valence-corrected chi connectivity index (χ1v) is 12.0. The predicted molar refractivity (Wildman–Crippen MR) is 129 cm³/mol. The zero-order chi connectivity index (χ0) is 22.6. The number of nitrogens with one attached hydrogen (secondary N) is 2. The van der Waals surface area contributed by atoms with Crippen LogP contribution in [-0.4, -0.2) is 55.6 Å². The molecule has 1 aromatic rings. The molecule has 1 aliphatic heterocycles. The van der Waals surface area contributed by atoms with Gasteiger partial charge in [0.2, 0.25) is 5.91 Å². The summed E-state index contributed by atoms with van der Waals surface area (Å²) in [6.07, 6.45) is 3.76. The van der Waals surface area contributed by atoms with Gasteiger partial charge in [-0.25, -0.2) is 4.99 Å². The van der Waals surface area contributed by atoms with Crippen LogP contribution in [0, 0.1) is 5.92 Å². The number of nitrogens with zero attached hydrogens (tertiary/aromatic N) is 2. The minimum atomic E-state index is 0.171. The summed E-state index contributed by atoms with van der Waals surface area (Å²) in [4.78, 5) is 19.3. The Bertz CT molecular complexity index is 693. The zero-order valence-corrected chi connectivity index (χ0v) is 20.1. The molecule has 0 radical (unpaired) electrons. The lowest BCUT2D eigenvalue weighted by atomic mass is 9.98. The number of likely N-dealkylation sites (tertiary alicyclic amines) is 1. The van der Waals surface area contributed by atoms with Crippen molar-refractivity contribution in [3.63, 3.8) is 0 Å². The number of carbonyl (C=O) groups excluding carboxylic acids is 1. The van der Waals surface area contributed by atoms with Crippen molar-refractivity contribution in [1.82, 2.24) is 15.5 Å². The van der Waals surface area contributed by atoms with E-state index in [9.17, 15) is 4.79 Å². The number of amides is 1. The quantitative estimate of drug-likeness (QED) is 0.332. The summed E-state index contributed by atoms with van der Waals surface area (Å²) in [7, 11) is 0. The van der Waals surface area contributed by atoms with Crippen LogP contribution in [0.15, 0.2) is 29.3 Å². The number of piperidine rings is 1. The Kier molecular flexibility index (Phi) is 10.7. The van der Waals surface area contributed by atoms with Gasteiger partial charge in [-0.1, -0.05) is 45.9 Å². The van der Waals surface area contributed by atoms with E-state index in [4.69, 9.17) is 9.73 Å². The van der Waals surface area contributed by atoms with Gasteiger partial charge >= 0.3 is 0 Å². The SMILES string of the molecule is CCNC(=NCCOc1ccccc1C(C)C)NC1CCN(C(=O)C(CC)CC)CC1. The monoisotopic (exact) mass is 430 g/mol. The number of hydrogen-bond acceptors (Lipinski definition) is 3. The average Bonchev–Trinajstić information content (AvgIpc) is 2.78. The molecule has 1 aliphatic rings. The van der Waals surface area contributed by atoms with Crippen LogP contribution in [0.2, 0.25) is 0 Å². The van der Waals surface area contributed by atoms with Gasteiger partial charge < -0.3 is 20.3 Å². The third-order valence-electron chi connectivity index (χ3n) is 5.99. The molecular weight excluding hydrogens is 388 g/mol. The Hall–Kier alpha value is -2.24. The van der Waals surface area contributed by atoms with Gasteiger partial charge in [-0.05, 0) is 50.2 Å². The highest BCUT2D eigenvalue weighted by molar-refractivity contribution is 5.80. The fourth-order valence-corrected chi connectivity index (χ4v) is 4.06. The standard InChI is InChI=1S/C25H42N4O2/c1-6-20(7-2)24(30)29-16-13-21(14-17-29)28-25(26-8-3)27-15-18-31-23-12-10-9-11-22(23)19(4)5/h9-12,19-21H,6-8,13-18H2,1-5H3,(H2,26,27,28). The fourth-order valence-electron chi connectivity index (χ4n) is 4.06. The van der Waals surface area contributed by atoms with Crippen molar-refractivity contribution in [2.24, 2.45) is 10.9 Å². The highest BCUT2D eigenvalue weighted by Crippen LogP contribution is 2.25. The second-order valence-corrected chi connectivity index (χ2v) is 8.56. The zero-order valence-electron chi connectivity index (χ0n) is 20.1. The molecule has 2 rings (SSSR count). The van der Waals surface area contributed by atoms with Gasteiger partial charge in [-0.3, -0.25) is 4.79 Å². The number of hydrogen-bond donors (Lipinski definition) is 2. The Morgan fingerprint density at radius 2 is 1.84 bits per heavy atom. The van der Waals surface area contributed by atoms with Crippen LogP contribution >= 0.6 is 0 Å². The molecule has 1 heterocycles. The van der Waals surface area contributed by atoms with Crippen molar-refractivity contribution in [2.75, 3.05) is 32.8 Å². The summed E-state index contributed by atoms with van der Waals surface area (Å²) in [6.45, 7) is 14.2. The number of benzene rings is 1. The number of para-hydroxylation sites is 1. The number of ether oxygens (including phenoxy) is 1.